The molecule has 150 valence electrons. The summed E-state index contributed by atoms with van der Waals surface area (Å²) in [5.41, 5.74) is 0. The van der Waals surface area contributed by atoms with E-state index >= 15 is 0 Å². The summed E-state index contributed by atoms with van der Waals surface area (Å²) in [7, 11) is 0. The average molecular weight is 412 g/mol. The molecule has 4 saturated carbocycles. The maximum absolute atomic E-state index is 12.1. The highest BCUT2D eigenvalue weighted by Crippen LogP contribution is 2.48. The molecule has 0 amide bonds. The molecule has 0 radical (unpaired) electrons. The fourth-order valence-corrected chi connectivity index (χ4v) is 7.09. The van der Waals surface area contributed by atoms with E-state index in [0.29, 0.717) is 25.7 Å². The second-order valence-corrected chi connectivity index (χ2v) is 9.95. The first-order valence-electron chi connectivity index (χ1n) is 10.2. The Morgan fingerprint density at radius 2 is 0.931 bits per heavy atom. The molecule has 1 aromatic rings. The molecule has 6 nitrogen and oxygen atoms in total. The molecule has 0 bridgehead atoms. The zero-order valence-electron chi connectivity index (χ0n) is 15.7. The maximum Gasteiger partial charge on any atom is 0.264 e. The zero-order valence-corrected chi connectivity index (χ0v) is 16.5. The Morgan fingerprint density at radius 3 is 1.34 bits per heavy atom. The first kappa shape index (κ1) is 18.7. The fourth-order valence-electron chi connectivity index (χ4n) is 5.79. The number of fused-ring (bicyclic) bond motifs is 2. The van der Waals surface area contributed by atoms with E-state index in [0.717, 1.165) is 22.6 Å². The highest BCUT2D eigenvalue weighted by atomic mass is 32.1. The second-order valence-electron chi connectivity index (χ2n) is 8.80. The van der Waals surface area contributed by atoms with Gasteiger partial charge in [0.15, 0.2) is 0 Å². The van der Waals surface area contributed by atoms with Gasteiger partial charge in [-0.2, -0.15) is 0 Å². The SMILES string of the molecule is O=C1C(=O)C2CCC(c3ccc(C4CCC5C(=O)C(=O)C(=O)C5C4)s3)CC2C1=O. The van der Waals surface area contributed by atoms with Crippen molar-refractivity contribution in [2.24, 2.45) is 23.7 Å². The van der Waals surface area contributed by atoms with E-state index in [1.807, 2.05) is 12.1 Å². The summed E-state index contributed by atoms with van der Waals surface area (Å²) >= 11 is 1.66. The van der Waals surface area contributed by atoms with Gasteiger partial charge in [-0.25, -0.2) is 0 Å². The molecule has 0 N–H and O–H groups in total. The lowest BCUT2D eigenvalue weighted by molar-refractivity contribution is -0.141. The van der Waals surface area contributed by atoms with Crippen LogP contribution in [0, 0.1) is 23.7 Å². The minimum Gasteiger partial charge on any atom is -0.290 e. The number of carbonyl (C=O) groups excluding carboxylic acids is 6. The molecule has 4 aliphatic carbocycles. The van der Waals surface area contributed by atoms with Gasteiger partial charge in [-0.05, 0) is 62.5 Å². The lowest BCUT2D eigenvalue weighted by Crippen LogP contribution is -2.26. The monoisotopic (exact) mass is 412 g/mol. The standard InChI is InChI=1S/C22H20O6S/c23-17-11-3-1-9(7-13(11)19(25)21(17)27)15-5-6-16(29-15)10-2-4-12-14(8-10)20(26)22(28)18(12)24/h5-6,9-14H,1-4,7-8H2. The molecule has 0 aliphatic heterocycles. The highest BCUT2D eigenvalue weighted by molar-refractivity contribution is 7.12. The van der Waals surface area contributed by atoms with E-state index in [4.69, 9.17) is 0 Å². The van der Waals surface area contributed by atoms with Gasteiger partial charge in [0.05, 0.1) is 0 Å². The van der Waals surface area contributed by atoms with Crippen molar-refractivity contribution in [3.8, 4) is 0 Å². The molecule has 6 atom stereocenters. The van der Waals surface area contributed by atoms with Crippen LogP contribution in [0.2, 0.25) is 0 Å². The third-order valence-corrected chi connectivity index (χ3v) is 8.81. The molecule has 0 aromatic carbocycles. The van der Waals surface area contributed by atoms with E-state index in [1.54, 1.807) is 11.3 Å². The van der Waals surface area contributed by atoms with E-state index in [-0.39, 0.29) is 11.8 Å². The molecule has 5 rings (SSSR count). The van der Waals surface area contributed by atoms with Crippen LogP contribution in [0.1, 0.15) is 60.1 Å². The van der Waals surface area contributed by atoms with Gasteiger partial charge < -0.3 is 0 Å². The topological polar surface area (TPSA) is 102 Å². The normalized spacial score (nSPS) is 37.2. The van der Waals surface area contributed by atoms with E-state index in [2.05, 4.69) is 0 Å². The average Bonchev–Trinajstić information content (AvgIpc) is 3.37. The van der Waals surface area contributed by atoms with Gasteiger partial charge in [-0.15, -0.1) is 11.3 Å². The van der Waals surface area contributed by atoms with Gasteiger partial charge in [-0.3, -0.25) is 28.8 Å². The summed E-state index contributed by atoms with van der Waals surface area (Å²) in [6, 6.07) is 4.10. The van der Waals surface area contributed by atoms with Crippen LogP contribution in [-0.4, -0.2) is 34.7 Å². The van der Waals surface area contributed by atoms with Gasteiger partial charge >= 0.3 is 0 Å². The van der Waals surface area contributed by atoms with Gasteiger partial charge in [0, 0.05) is 33.4 Å². The van der Waals surface area contributed by atoms with Crippen LogP contribution < -0.4 is 0 Å². The van der Waals surface area contributed by atoms with Crippen molar-refractivity contribution in [2.75, 3.05) is 0 Å². The summed E-state index contributed by atoms with van der Waals surface area (Å²) in [4.78, 5) is 73.8. The lowest BCUT2D eigenvalue weighted by Gasteiger charge is -2.29. The Labute approximate surface area is 171 Å². The fraction of sp³-hybridized carbons (Fsp3) is 0.545. The number of Topliss-reactive ketones (excluding diaryl/α,β-unsaturated/α-hetero) is 6. The van der Waals surface area contributed by atoms with Crippen LogP contribution >= 0.6 is 11.3 Å². The van der Waals surface area contributed by atoms with Crippen LogP contribution in [0.25, 0.3) is 0 Å². The third-order valence-electron chi connectivity index (χ3n) is 7.40. The minimum atomic E-state index is -0.824. The molecule has 0 spiro atoms. The van der Waals surface area contributed by atoms with Crippen molar-refractivity contribution in [3.05, 3.63) is 21.9 Å². The first-order valence-corrected chi connectivity index (χ1v) is 11.0. The molecule has 4 fully saturated rings. The summed E-state index contributed by atoms with van der Waals surface area (Å²) in [6.07, 6.45) is 3.79. The van der Waals surface area contributed by atoms with Crippen LogP contribution in [0.4, 0.5) is 0 Å². The summed E-state index contributed by atoms with van der Waals surface area (Å²) < 4.78 is 0. The Bertz CT molecular complexity index is 911. The number of hydrogen-bond donors (Lipinski definition) is 0. The van der Waals surface area contributed by atoms with Gasteiger partial charge in [-0.1, -0.05) is 0 Å². The van der Waals surface area contributed by atoms with Crippen LogP contribution in [0.5, 0.6) is 0 Å². The van der Waals surface area contributed by atoms with E-state index < -0.39 is 58.4 Å². The predicted octanol–water partition coefficient (Wildman–Crippen LogP) is 2.19. The maximum atomic E-state index is 12.1. The molecule has 7 heteroatoms. The van der Waals surface area contributed by atoms with Gasteiger partial charge in [0.25, 0.3) is 11.6 Å². The van der Waals surface area contributed by atoms with Crippen molar-refractivity contribution in [1.29, 1.82) is 0 Å². The molecule has 1 aromatic heterocycles. The molecular weight excluding hydrogens is 392 g/mol. The first-order chi connectivity index (χ1) is 13.9. The molecule has 29 heavy (non-hydrogen) atoms. The quantitative estimate of drug-likeness (QED) is 0.690. The Hall–Kier alpha value is -2.28. The van der Waals surface area contributed by atoms with Crippen molar-refractivity contribution in [2.45, 2.75) is 50.4 Å². The molecular formula is C22H20O6S. The van der Waals surface area contributed by atoms with Gasteiger partial charge in [0.1, 0.15) is 0 Å². The van der Waals surface area contributed by atoms with Crippen molar-refractivity contribution >= 4 is 46.0 Å². The van der Waals surface area contributed by atoms with Crippen molar-refractivity contribution in [1.82, 2.24) is 0 Å². The number of thiophene rings is 1. The number of hydrogen-bond acceptors (Lipinski definition) is 7. The summed E-state index contributed by atoms with van der Waals surface area (Å²) in [5.74, 6) is -5.18. The third kappa shape index (κ3) is 2.74. The van der Waals surface area contributed by atoms with Crippen LogP contribution in [0.15, 0.2) is 12.1 Å². The summed E-state index contributed by atoms with van der Waals surface area (Å²) in [5, 5.41) is 0. The van der Waals surface area contributed by atoms with Crippen LogP contribution in [-0.2, 0) is 28.8 Å². The second kappa shape index (κ2) is 6.62. The lowest BCUT2D eigenvalue weighted by atomic mass is 9.74. The summed E-state index contributed by atoms with van der Waals surface area (Å²) in [6.45, 7) is 0. The zero-order chi connectivity index (χ0) is 20.4. The minimum absolute atomic E-state index is 0.158. The van der Waals surface area contributed by atoms with Crippen molar-refractivity contribution in [3.63, 3.8) is 0 Å². The molecule has 6 unspecified atom stereocenters. The molecule has 1 heterocycles. The Morgan fingerprint density at radius 1 is 0.552 bits per heavy atom. The van der Waals surface area contributed by atoms with Crippen molar-refractivity contribution < 1.29 is 28.8 Å². The number of rotatable bonds is 2. The highest BCUT2D eigenvalue weighted by Gasteiger charge is 2.52. The number of ketones is 6. The van der Waals surface area contributed by atoms with E-state index in [9.17, 15) is 28.8 Å². The van der Waals surface area contributed by atoms with Gasteiger partial charge in [0.2, 0.25) is 23.1 Å². The molecule has 0 saturated heterocycles. The Kier molecular flexibility index (Phi) is 4.28. The van der Waals surface area contributed by atoms with E-state index in [1.165, 1.54) is 0 Å². The largest absolute Gasteiger partial charge is 0.290 e. The molecule has 4 aliphatic rings. The number of carbonyl (C=O) groups is 6. The smallest absolute Gasteiger partial charge is 0.264 e. The predicted molar refractivity (Wildman–Crippen MR) is 102 cm³/mol. The van der Waals surface area contributed by atoms with Crippen LogP contribution in [0.3, 0.4) is 0 Å². The Balaban J connectivity index is 1.31.